The number of esters is 1. The molecule has 1 heterocycles. The molecule has 0 radical (unpaired) electrons. The fourth-order valence-corrected chi connectivity index (χ4v) is 5.33. The molecular weight excluding hydrogens is 464 g/mol. The van der Waals surface area contributed by atoms with Crippen LogP contribution in [0.25, 0.3) is 0 Å². The molecular formula is C27H28N2O5S. The van der Waals surface area contributed by atoms with Gasteiger partial charge in [0.15, 0.2) is 5.78 Å². The Balaban J connectivity index is 1.75. The lowest BCUT2D eigenvalue weighted by Gasteiger charge is -2.36. The van der Waals surface area contributed by atoms with Gasteiger partial charge in [-0.1, -0.05) is 49.4 Å². The summed E-state index contributed by atoms with van der Waals surface area (Å²) in [4.78, 5) is 37.8. The standard InChI is InChI=1S/C27H28N2O5S/c1-3-35-13-12-34-27(31)24-17(2)28-22-15-20(18-8-5-4-6-9-18)16-23(30)26(22)25(24)19-10-7-11-21(14-19)29(32)33/h4-11,14,20,25,28H,3,12-13,15-16H2,1-2H3/t20-,25-/m0/s1. The number of ether oxygens (including phenoxy) is 1. The lowest BCUT2D eigenvalue weighted by atomic mass is 9.71. The number of thioether (sulfide) groups is 1. The second-order valence-corrected chi connectivity index (χ2v) is 10.0. The lowest BCUT2D eigenvalue weighted by Crippen LogP contribution is -2.36. The van der Waals surface area contributed by atoms with Gasteiger partial charge in [0.1, 0.15) is 6.61 Å². The zero-order valence-corrected chi connectivity index (χ0v) is 20.6. The van der Waals surface area contributed by atoms with E-state index in [0.29, 0.717) is 41.0 Å². The summed E-state index contributed by atoms with van der Waals surface area (Å²) in [6.45, 7) is 4.09. The van der Waals surface area contributed by atoms with Gasteiger partial charge in [0.25, 0.3) is 5.69 Å². The van der Waals surface area contributed by atoms with E-state index in [0.717, 1.165) is 17.0 Å². The largest absolute Gasteiger partial charge is 0.461 e. The van der Waals surface area contributed by atoms with E-state index in [1.807, 2.05) is 37.3 Å². The van der Waals surface area contributed by atoms with Crippen LogP contribution < -0.4 is 5.32 Å². The summed E-state index contributed by atoms with van der Waals surface area (Å²) in [5.74, 6) is 0.325. The van der Waals surface area contributed by atoms with Crippen LogP contribution in [0.3, 0.4) is 0 Å². The van der Waals surface area contributed by atoms with Crippen LogP contribution in [0.15, 0.2) is 77.1 Å². The molecule has 1 N–H and O–H groups in total. The SMILES string of the molecule is CCSCCOC(=O)C1=C(C)NC2=C(C(=O)C[C@@H](c3ccccc3)C2)[C@H]1c1cccc([N+](=O)[O-])c1. The van der Waals surface area contributed by atoms with Crippen molar-refractivity contribution in [1.82, 2.24) is 5.32 Å². The van der Waals surface area contributed by atoms with E-state index in [-0.39, 0.29) is 24.0 Å². The van der Waals surface area contributed by atoms with Gasteiger partial charge >= 0.3 is 5.97 Å². The number of carbonyl (C=O) groups is 2. The smallest absolute Gasteiger partial charge is 0.336 e. The third-order valence-electron chi connectivity index (χ3n) is 6.40. The number of allylic oxidation sites excluding steroid dienone is 3. The summed E-state index contributed by atoms with van der Waals surface area (Å²) >= 11 is 1.67. The molecule has 0 fully saturated rings. The number of hydrogen-bond acceptors (Lipinski definition) is 7. The number of rotatable bonds is 8. The van der Waals surface area contributed by atoms with Crippen molar-refractivity contribution in [3.8, 4) is 0 Å². The van der Waals surface area contributed by atoms with E-state index in [1.54, 1.807) is 30.8 Å². The Morgan fingerprint density at radius 1 is 1.14 bits per heavy atom. The number of nitrogens with zero attached hydrogens (tertiary/aromatic N) is 1. The summed E-state index contributed by atoms with van der Waals surface area (Å²) in [5.41, 5.74) is 3.74. The number of nitrogens with one attached hydrogen (secondary N) is 1. The van der Waals surface area contributed by atoms with E-state index in [1.165, 1.54) is 12.1 Å². The number of nitro groups is 1. The first-order chi connectivity index (χ1) is 16.9. The molecule has 4 rings (SSSR count). The number of nitro benzene ring substituents is 1. The summed E-state index contributed by atoms with van der Waals surface area (Å²) in [7, 11) is 0. The molecule has 0 bridgehead atoms. The fourth-order valence-electron chi connectivity index (χ4n) is 4.84. The Labute approximate surface area is 208 Å². The summed E-state index contributed by atoms with van der Waals surface area (Å²) in [6, 6.07) is 16.1. The number of Topliss-reactive ketones (excluding diaryl/α,β-unsaturated/α-hetero) is 1. The van der Waals surface area contributed by atoms with E-state index in [4.69, 9.17) is 4.74 Å². The highest BCUT2D eigenvalue weighted by atomic mass is 32.2. The van der Waals surface area contributed by atoms with Crippen LogP contribution in [0.2, 0.25) is 0 Å². The number of hydrogen-bond donors (Lipinski definition) is 1. The van der Waals surface area contributed by atoms with Crippen LogP contribution in [0, 0.1) is 10.1 Å². The third-order valence-corrected chi connectivity index (χ3v) is 7.26. The van der Waals surface area contributed by atoms with Crippen molar-refractivity contribution in [2.75, 3.05) is 18.1 Å². The minimum absolute atomic E-state index is 0.0214. The average Bonchev–Trinajstić information content (AvgIpc) is 2.86. The van der Waals surface area contributed by atoms with Crippen LogP contribution in [0.5, 0.6) is 0 Å². The molecule has 1 aliphatic heterocycles. The van der Waals surface area contributed by atoms with Crippen LogP contribution in [0.1, 0.15) is 49.7 Å². The zero-order valence-electron chi connectivity index (χ0n) is 19.8. The molecule has 1 aliphatic carbocycles. The second-order valence-electron chi connectivity index (χ2n) is 8.61. The highest BCUT2D eigenvalue weighted by molar-refractivity contribution is 7.99. The first-order valence-corrected chi connectivity index (χ1v) is 12.8. The van der Waals surface area contributed by atoms with Gasteiger partial charge in [-0.05, 0) is 36.1 Å². The number of carbonyl (C=O) groups excluding carboxylic acids is 2. The number of ketones is 1. The Morgan fingerprint density at radius 2 is 1.89 bits per heavy atom. The fraction of sp³-hybridized carbons (Fsp3) is 0.333. The lowest BCUT2D eigenvalue weighted by molar-refractivity contribution is -0.384. The molecule has 8 heteroatoms. The Bertz CT molecular complexity index is 1210. The Kier molecular flexibility index (Phi) is 7.70. The van der Waals surface area contributed by atoms with Crippen LogP contribution in [0.4, 0.5) is 5.69 Å². The molecule has 7 nitrogen and oxygen atoms in total. The summed E-state index contributed by atoms with van der Waals surface area (Å²) in [5, 5.41) is 14.8. The molecule has 2 aliphatic rings. The molecule has 2 aromatic carbocycles. The van der Waals surface area contributed by atoms with Crippen molar-refractivity contribution in [2.45, 2.75) is 38.5 Å². The number of benzene rings is 2. The van der Waals surface area contributed by atoms with Gasteiger partial charge in [-0.3, -0.25) is 14.9 Å². The predicted octanol–water partition coefficient (Wildman–Crippen LogP) is 5.25. The molecule has 0 unspecified atom stereocenters. The predicted molar refractivity (Wildman–Crippen MR) is 136 cm³/mol. The van der Waals surface area contributed by atoms with E-state index < -0.39 is 16.8 Å². The quantitative estimate of drug-likeness (QED) is 0.232. The maximum absolute atomic E-state index is 13.6. The normalized spacial score (nSPS) is 19.8. The average molecular weight is 493 g/mol. The zero-order chi connectivity index (χ0) is 24.9. The van der Waals surface area contributed by atoms with Crippen molar-refractivity contribution in [3.63, 3.8) is 0 Å². The summed E-state index contributed by atoms with van der Waals surface area (Å²) < 4.78 is 5.56. The first-order valence-electron chi connectivity index (χ1n) is 11.7. The second kappa shape index (κ2) is 10.9. The molecule has 0 saturated heterocycles. The first kappa shape index (κ1) is 24.7. The monoisotopic (exact) mass is 492 g/mol. The van der Waals surface area contributed by atoms with E-state index in [9.17, 15) is 19.7 Å². The van der Waals surface area contributed by atoms with Crippen LogP contribution in [-0.2, 0) is 14.3 Å². The minimum Gasteiger partial charge on any atom is -0.461 e. The topological polar surface area (TPSA) is 98.5 Å². The molecule has 0 aromatic heterocycles. The van der Waals surface area contributed by atoms with Crippen molar-refractivity contribution in [3.05, 3.63) is 98.4 Å². The Hall–Kier alpha value is -3.39. The minimum atomic E-state index is -0.721. The highest BCUT2D eigenvalue weighted by Crippen LogP contribution is 2.46. The van der Waals surface area contributed by atoms with Gasteiger partial charge in [-0.15, -0.1) is 0 Å². The van der Waals surface area contributed by atoms with Gasteiger partial charge < -0.3 is 10.1 Å². The molecule has 0 amide bonds. The molecule has 2 aromatic rings. The van der Waals surface area contributed by atoms with E-state index >= 15 is 0 Å². The van der Waals surface area contributed by atoms with Crippen molar-refractivity contribution >= 4 is 29.2 Å². The third kappa shape index (κ3) is 5.32. The van der Waals surface area contributed by atoms with Gasteiger partial charge in [0.05, 0.1) is 10.5 Å². The molecule has 0 spiro atoms. The summed E-state index contributed by atoms with van der Waals surface area (Å²) in [6.07, 6.45) is 0.924. The van der Waals surface area contributed by atoms with Gasteiger partial charge in [-0.2, -0.15) is 11.8 Å². The van der Waals surface area contributed by atoms with Gasteiger partial charge in [-0.25, -0.2) is 4.79 Å². The van der Waals surface area contributed by atoms with Crippen molar-refractivity contribution in [1.29, 1.82) is 0 Å². The van der Waals surface area contributed by atoms with Crippen LogP contribution >= 0.6 is 11.8 Å². The van der Waals surface area contributed by atoms with Crippen molar-refractivity contribution in [2.24, 2.45) is 0 Å². The molecule has 0 saturated carbocycles. The van der Waals surface area contributed by atoms with Crippen molar-refractivity contribution < 1.29 is 19.2 Å². The van der Waals surface area contributed by atoms with E-state index in [2.05, 4.69) is 5.32 Å². The maximum atomic E-state index is 13.6. The number of dihydropyridines is 1. The van der Waals surface area contributed by atoms with Crippen LogP contribution in [-0.4, -0.2) is 34.8 Å². The molecule has 182 valence electrons. The number of non-ortho nitro benzene ring substituents is 1. The van der Waals surface area contributed by atoms with Gasteiger partial charge in [0.2, 0.25) is 0 Å². The maximum Gasteiger partial charge on any atom is 0.336 e. The highest BCUT2D eigenvalue weighted by Gasteiger charge is 2.41. The Morgan fingerprint density at radius 3 is 2.60 bits per heavy atom. The van der Waals surface area contributed by atoms with Gasteiger partial charge in [0, 0.05) is 47.2 Å². The molecule has 2 atom stereocenters. The molecule has 35 heavy (non-hydrogen) atoms.